The molecule has 1 rings (SSSR count). The quantitative estimate of drug-likeness (QED) is 0.622. The van der Waals surface area contributed by atoms with Crippen molar-refractivity contribution in [3.05, 3.63) is 35.9 Å². The normalized spacial score (nSPS) is 14.1. The number of thiocarbonyl (C=S) groups is 1. The van der Waals surface area contributed by atoms with E-state index in [1.165, 1.54) is 11.8 Å². The Balaban J connectivity index is 2.97. The van der Waals surface area contributed by atoms with E-state index in [2.05, 4.69) is 11.4 Å². The number of benzene rings is 1. The second kappa shape index (κ2) is 10.3. The molecule has 0 saturated carbocycles. The second-order valence-electron chi connectivity index (χ2n) is 6.69. The van der Waals surface area contributed by atoms with Crippen LogP contribution in [0.2, 0.25) is 0 Å². The Morgan fingerprint density at radius 1 is 1.35 bits per heavy atom. The summed E-state index contributed by atoms with van der Waals surface area (Å²) < 4.78 is 0.577. The summed E-state index contributed by atoms with van der Waals surface area (Å²) in [6, 6.07) is 11.5. The zero-order valence-electron chi connectivity index (χ0n) is 15.2. The minimum Gasteiger partial charge on any atom is -0.481 e. The van der Waals surface area contributed by atoms with Gasteiger partial charge in [-0.3, -0.25) is 9.59 Å². The van der Waals surface area contributed by atoms with Crippen molar-refractivity contribution < 1.29 is 14.7 Å². The molecule has 26 heavy (non-hydrogen) atoms. The van der Waals surface area contributed by atoms with Crippen molar-refractivity contribution in [1.29, 1.82) is 5.26 Å². The average Bonchev–Trinajstić information content (AvgIpc) is 2.59. The van der Waals surface area contributed by atoms with Gasteiger partial charge in [-0.15, -0.1) is 11.8 Å². The lowest BCUT2D eigenvalue weighted by Crippen LogP contribution is -2.40. The Hall–Kier alpha value is -1.91. The Morgan fingerprint density at radius 3 is 2.46 bits per heavy atom. The molecule has 2 atom stereocenters. The third-order valence-electron chi connectivity index (χ3n) is 3.78. The number of carboxylic acid groups (broad SMARTS) is 1. The third-order valence-corrected chi connectivity index (χ3v) is 5.42. The summed E-state index contributed by atoms with van der Waals surface area (Å²) in [6.45, 7) is 5.42. The Bertz CT molecular complexity index is 686. The van der Waals surface area contributed by atoms with E-state index >= 15 is 0 Å². The highest BCUT2D eigenvalue weighted by Crippen LogP contribution is 2.34. The number of aliphatic carboxylic acids is 1. The minimum atomic E-state index is -0.956. The third kappa shape index (κ3) is 7.54. The van der Waals surface area contributed by atoms with E-state index in [9.17, 15) is 14.9 Å². The predicted molar refractivity (Wildman–Crippen MR) is 108 cm³/mol. The van der Waals surface area contributed by atoms with Gasteiger partial charge in [0, 0.05) is 12.5 Å². The number of nitrogens with zero attached hydrogens (tertiary/aromatic N) is 1. The second-order valence-corrected chi connectivity index (χ2v) is 8.57. The van der Waals surface area contributed by atoms with E-state index in [1.54, 1.807) is 6.92 Å². The van der Waals surface area contributed by atoms with Gasteiger partial charge in [0.2, 0.25) is 5.91 Å². The van der Waals surface area contributed by atoms with Gasteiger partial charge < -0.3 is 10.4 Å². The van der Waals surface area contributed by atoms with Crippen molar-refractivity contribution in [2.75, 3.05) is 0 Å². The lowest BCUT2D eigenvalue weighted by molar-refractivity contribution is -0.137. The first kappa shape index (κ1) is 22.1. The van der Waals surface area contributed by atoms with Gasteiger partial charge in [0.15, 0.2) is 0 Å². The van der Waals surface area contributed by atoms with Gasteiger partial charge in [-0.05, 0) is 39.2 Å². The average molecular weight is 393 g/mol. The molecule has 2 unspecified atom stereocenters. The number of carbonyl (C=O) groups excluding carboxylic acids is 1. The fourth-order valence-corrected chi connectivity index (χ4v) is 3.97. The van der Waals surface area contributed by atoms with Crippen molar-refractivity contribution >= 4 is 40.1 Å². The molecule has 0 fully saturated rings. The number of thioether (sulfide) groups is 1. The van der Waals surface area contributed by atoms with Crippen LogP contribution in [0.25, 0.3) is 0 Å². The standard InChI is InChI=1S/C19H24N2O3S2/c1-13(2)21-17(24)15(11-19(3,12-20)10-9-16(22)23)26-18(25)14-7-5-4-6-8-14/h4-8,13,15H,9-11H2,1-3H3,(H,21,24)(H,22,23). The molecule has 0 bridgehead atoms. The lowest BCUT2D eigenvalue weighted by Gasteiger charge is -2.27. The maximum Gasteiger partial charge on any atom is 0.303 e. The predicted octanol–water partition coefficient (Wildman–Crippen LogP) is 3.77. The molecule has 7 heteroatoms. The van der Waals surface area contributed by atoms with E-state index in [-0.39, 0.29) is 31.2 Å². The number of hydrogen-bond donors (Lipinski definition) is 2. The molecule has 1 aromatic carbocycles. The molecule has 1 aromatic rings. The van der Waals surface area contributed by atoms with Crippen molar-refractivity contribution in [3.8, 4) is 6.07 Å². The van der Waals surface area contributed by atoms with E-state index in [0.717, 1.165) is 5.56 Å². The number of hydrogen-bond acceptors (Lipinski definition) is 5. The molecule has 2 N–H and O–H groups in total. The smallest absolute Gasteiger partial charge is 0.303 e. The van der Waals surface area contributed by atoms with Crippen LogP contribution in [-0.4, -0.2) is 32.5 Å². The maximum absolute atomic E-state index is 12.6. The Labute approximate surface area is 164 Å². The van der Waals surface area contributed by atoms with Gasteiger partial charge in [0.1, 0.15) is 0 Å². The van der Waals surface area contributed by atoms with Gasteiger partial charge in [-0.1, -0.05) is 42.5 Å². The molecule has 0 aliphatic heterocycles. The van der Waals surface area contributed by atoms with Crippen molar-refractivity contribution in [2.24, 2.45) is 5.41 Å². The number of carboxylic acids is 1. The van der Waals surface area contributed by atoms with Crippen LogP contribution in [0, 0.1) is 16.7 Å². The number of carbonyl (C=O) groups is 2. The number of rotatable bonds is 9. The van der Waals surface area contributed by atoms with Crippen LogP contribution in [0.1, 0.15) is 45.6 Å². The topological polar surface area (TPSA) is 90.2 Å². The number of amides is 1. The van der Waals surface area contributed by atoms with Gasteiger partial charge in [-0.2, -0.15) is 5.26 Å². The van der Waals surface area contributed by atoms with Crippen LogP contribution < -0.4 is 5.32 Å². The van der Waals surface area contributed by atoms with E-state index in [4.69, 9.17) is 17.3 Å². The van der Waals surface area contributed by atoms with Crippen molar-refractivity contribution in [3.63, 3.8) is 0 Å². The SMILES string of the molecule is CC(C)NC(=O)C(CC(C)(C#N)CCC(=O)O)SC(=S)c1ccccc1. The summed E-state index contributed by atoms with van der Waals surface area (Å²) in [5.41, 5.74) is -0.0736. The largest absolute Gasteiger partial charge is 0.481 e. The van der Waals surface area contributed by atoms with Gasteiger partial charge in [-0.25, -0.2) is 0 Å². The molecule has 0 aliphatic rings. The van der Waals surface area contributed by atoms with E-state index in [1.807, 2.05) is 44.2 Å². The van der Waals surface area contributed by atoms with Gasteiger partial charge in [0.05, 0.1) is 20.9 Å². The molecular formula is C19H24N2O3S2. The number of nitriles is 1. The van der Waals surface area contributed by atoms with Crippen LogP contribution in [0.5, 0.6) is 0 Å². The van der Waals surface area contributed by atoms with Gasteiger partial charge >= 0.3 is 5.97 Å². The van der Waals surface area contributed by atoms with Crippen LogP contribution in [0.15, 0.2) is 30.3 Å². The summed E-state index contributed by atoms with van der Waals surface area (Å²) in [4.78, 5) is 23.5. The minimum absolute atomic E-state index is 0.0386. The first-order valence-corrected chi connectivity index (χ1v) is 9.65. The lowest BCUT2D eigenvalue weighted by atomic mass is 9.82. The van der Waals surface area contributed by atoms with E-state index in [0.29, 0.717) is 4.20 Å². The highest BCUT2D eigenvalue weighted by atomic mass is 32.2. The Kier molecular flexibility index (Phi) is 8.76. The molecule has 5 nitrogen and oxygen atoms in total. The van der Waals surface area contributed by atoms with Crippen LogP contribution in [-0.2, 0) is 9.59 Å². The molecular weight excluding hydrogens is 368 g/mol. The first-order chi connectivity index (χ1) is 12.2. The molecule has 140 valence electrons. The summed E-state index contributed by atoms with van der Waals surface area (Å²) in [5, 5.41) is 20.8. The summed E-state index contributed by atoms with van der Waals surface area (Å²) in [5.74, 6) is -1.15. The molecule has 0 heterocycles. The van der Waals surface area contributed by atoms with Crippen LogP contribution in [0.3, 0.4) is 0 Å². The van der Waals surface area contributed by atoms with Crippen molar-refractivity contribution in [2.45, 2.75) is 51.3 Å². The summed E-state index contributed by atoms with van der Waals surface area (Å²) in [6.07, 6.45) is 0.298. The van der Waals surface area contributed by atoms with Crippen LogP contribution in [0.4, 0.5) is 0 Å². The Morgan fingerprint density at radius 2 is 1.96 bits per heavy atom. The molecule has 0 radical (unpaired) electrons. The zero-order chi connectivity index (χ0) is 19.7. The zero-order valence-corrected chi connectivity index (χ0v) is 16.8. The molecule has 0 aromatic heterocycles. The molecule has 0 saturated heterocycles. The summed E-state index contributed by atoms with van der Waals surface area (Å²) >= 11 is 6.71. The van der Waals surface area contributed by atoms with Crippen LogP contribution >= 0.6 is 24.0 Å². The van der Waals surface area contributed by atoms with Crippen molar-refractivity contribution in [1.82, 2.24) is 5.32 Å². The first-order valence-electron chi connectivity index (χ1n) is 8.36. The highest BCUT2D eigenvalue weighted by molar-refractivity contribution is 8.24. The maximum atomic E-state index is 12.6. The molecule has 0 spiro atoms. The van der Waals surface area contributed by atoms with E-state index < -0.39 is 16.6 Å². The number of nitrogens with one attached hydrogen (secondary N) is 1. The fourth-order valence-electron chi connectivity index (χ4n) is 2.33. The van der Waals surface area contributed by atoms with Gasteiger partial charge in [0.25, 0.3) is 0 Å². The molecule has 1 amide bonds. The molecule has 0 aliphatic carbocycles. The highest BCUT2D eigenvalue weighted by Gasteiger charge is 2.33. The monoisotopic (exact) mass is 392 g/mol. The fraction of sp³-hybridized carbons (Fsp3) is 0.474. The summed E-state index contributed by atoms with van der Waals surface area (Å²) in [7, 11) is 0.